The van der Waals surface area contributed by atoms with Gasteiger partial charge in [0.1, 0.15) is 0 Å². The van der Waals surface area contributed by atoms with Gasteiger partial charge < -0.3 is 19.6 Å². The van der Waals surface area contributed by atoms with Crippen LogP contribution in [0, 0.1) is 5.92 Å². The summed E-state index contributed by atoms with van der Waals surface area (Å²) in [6.07, 6.45) is 2.26. The number of amides is 1. The van der Waals surface area contributed by atoms with E-state index in [2.05, 4.69) is 19.6 Å². The van der Waals surface area contributed by atoms with Crippen molar-refractivity contribution in [3.63, 3.8) is 0 Å². The molecule has 2 N–H and O–H groups in total. The molecule has 1 amide bonds. The first-order valence-electron chi connectivity index (χ1n) is 10.9. The van der Waals surface area contributed by atoms with Crippen molar-refractivity contribution in [1.29, 1.82) is 0 Å². The van der Waals surface area contributed by atoms with Crippen LogP contribution in [0.2, 0.25) is 0 Å². The molecule has 31 heavy (non-hydrogen) atoms. The summed E-state index contributed by atoms with van der Waals surface area (Å²) in [5.74, 6) is -0.392. The van der Waals surface area contributed by atoms with Crippen LogP contribution in [0.4, 0.5) is 10.7 Å². The van der Waals surface area contributed by atoms with E-state index in [1.807, 2.05) is 21.6 Å². The SMILES string of the molecule is CC1C(N2CCN(CC(=O)O)CC2)OC(=O)N1CCC1CCN(c2noc(=O)[nH]2)CC1. The van der Waals surface area contributed by atoms with Crippen molar-refractivity contribution in [1.82, 2.24) is 24.8 Å². The Morgan fingerprint density at radius 2 is 1.87 bits per heavy atom. The van der Waals surface area contributed by atoms with Crippen molar-refractivity contribution in [3.8, 4) is 0 Å². The van der Waals surface area contributed by atoms with E-state index < -0.39 is 11.7 Å². The minimum absolute atomic E-state index is 0.0428. The van der Waals surface area contributed by atoms with Gasteiger partial charge in [0.05, 0.1) is 12.6 Å². The Kier molecular flexibility index (Phi) is 6.46. The summed E-state index contributed by atoms with van der Waals surface area (Å²) in [7, 11) is 0. The van der Waals surface area contributed by atoms with Crippen molar-refractivity contribution in [2.45, 2.75) is 38.5 Å². The van der Waals surface area contributed by atoms with Gasteiger partial charge in [-0.3, -0.25) is 24.1 Å². The van der Waals surface area contributed by atoms with Crippen LogP contribution in [0.5, 0.6) is 0 Å². The molecule has 0 aliphatic carbocycles. The Bertz CT molecular complexity index is 826. The summed E-state index contributed by atoms with van der Waals surface area (Å²) in [6.45, 7) is 6.98. The van der Waals surface area contributed by atoms with Crippen LogP contribution in [0.1, 0.15) is 26.2 Å². The molecule has 3 fully saturated rings. The van der Waals surface area contributed by atoms with Gasteiger partial charge >= 0.3 is 17.8 Å². The Morgan fingerprint density at radius 3 is 2.48 bits per heavy atom. The average molecular weight is 438 g/mol. The van der Waals surface area contributed by atoms with E-state index >= 15 is 0 Å². The number of aromatic nitrogens is 2. The van der Waals surface area contributed by atoms with Gasteiger partial charge in [0, 0.05) is 45.8 Å². The second-order valence-electron chi connectivity index (χ2n) is 8.55. The number of aromatic amines is 1. The highest BCUT2D eigenvalue weighted by Crippen LogP contribution is 2.27. The van der Waals surface area contributed by atoms with Gasteiger partial charge in [-0.15, -0.1) is 0 Å². The molecule has 0 bridgehead atoms. The fraction of sp³-hybridized carbons (Fsp3) is 0.789. The molecule has 3 aliphatic heterocycles. The lowest BCUT2D eigenvalue weighted by molar-refractivity contribution is -0.139. The summed E-state index contributed by atoms with van der Waals surface area (Å²) in [5, 5.41) is 12.7. The first kappa shape index (κ1) is 21.6. The van der Waals surface area contributed by atoms with Crippen molar-refractivity contribution in [3.05, 3.63) is 10.6 Å². The van der Waals surface area contributed by atoms with E-state index in [1.54, 1.807) is 0 Å². The van der Waals surface area contributed by atoms with Gasteiger partial charge in [-0.25, -0.2) is 9.59 Å². The number of carboxylic acids is 1. The molecule has 0 saturated carbocycles. The standard InChI is InChI=1S/C19H30N6O6/c1-13-16(23-10-8-22(9-11-23)12-15(26)27)30-19(29)25(13)7-4-14-2-5-24(6-3-14)17-20-18(28)31-21-17/h13-14,16H,2-12H2,1H3,(H,26,27)(H,20,21,28). The highest BCUT2D eigenvalue weighted by molar-refractivity contribution is 5.70. The molecule has 0 spiro atoms. The first-order valence-corrected chi connectivity index (χ1v) is 10.9. The van der Waals surface area contributed by atoms with Gasteiger partial charge in [0.25, 0.3) is 0 Å². The maximum Gasteiger partial charge on any atom is 0.440 e. The molecule has 4 rings (SSSR count). The monoisotopic (exact) mass is 438 g/mol. The predicted molar refractivity (Wildman–Crippen MR) is 109 cm³/mol. The number of ether oxygens (including phenoxy) is 1. The first-order chi connectivity index (χ1) is 14.9. The second kappa shape index (κ2) is 9.27. The number of aliphatic carboxylic acids is 1. The Hall–Kier alpha value is -2.60. The number of carbonyl (C=O) groups is 2. The Morgan fingerprint density at radius 1 is 1.16 bits per heavy atom. The van der Waals surface area contributed by atoms with Crippen molar-refractivity contribution in [2.24, 2.45) is 5.92 Å². The van der Waals surface area contributed by atoms with E-state index in [1.165, 1.54) is 0 Å². The lowest BCUT2D eigenvalue weighted by Crippen LogP contribution is -2.54. The number of cyclic esters (lactones) is 1. The van der Waals surface area contributed by atoms with Crippen molar-refractivity contribution < 1.29 is 24.0 Å². The normalized spacial score (nSPS) is 26.4. The van der Waals surface area contributed by atoms with Gasteiger partial charge in [0.15, 0.2) is 6.23 Å². The lowest BCUT2D eigenvalue weighted by atomic mass is 9.93. The molecule has 172 valence electrons. The number of carboxylic acid groups (broad SMARTS) is 1. The molecule has 0 aromatic carbocycles. The molecule has 3 aliphatic rings. The quantitative estimate of drug-likeness (QED) is 0.591. The van der Waals surface area contributed by atoms with Gasteiger partial charge in [0.2, 0.25) is 5.95 Å². The minimum atomic E-state index is -0.819. The van der Waals surface area contributed by atoms with Crippen LogP contribution in [-0.2, 0) is 9.53 Å². The molecule has 2 atom stereocenters. The molecule has 12 nitrogen and oxygen atoms in total. The third kappa shape index (κ3) is 5.01. The van der Waals surface area contributed by atoms with Gasteiger partial charge in [-0.2, -0.15) is 0 Å². The molecule has 2 unspecified atom stereocenters. The number of piperazine rings is 1. The second-order valence-corrected chi connectivity index (χ2v) is 8.55. The molecule has 4 heterocycles. The summed E-state index contributed by atoms with van der Waals surface area (Å²) >= 11 is 0. The zero-order valence-corrected chi connectivity index (χ0v) is 17.7. The number of rotatable bonds is 7. The molecule has 1 aromatic heterocycles. The Labute approximate surface area is 179 Å². The number of nitrogens with zero attached hydrogens (tertiary/aromatic N) is 5. The van der Waals surface area contributed by atoms with Crippen LogP contribution in [-0.4, -0.2) is 107 Å². The number of anilines is 1. The van der Waals surface area contributed by atoms with Crippen LogP contribution < -0.4 is 10.7 Å². The van der Waals surface area contributed by atoms with E-state index in [0.29, 0.717) is 44.6 Å². The van der Waals surface area contributed by atoms with E-state index in [0.717, 1.165) is 32.4 Å². The van der Waals surface area contributed by atoms with Gasteiger partial charge in [-0.05, 0) is 37.3 Å². The largest absolute Gasteiger partial charge is 0.480 e. The summed E-state index contributed by atoms with van der Waals surface area (Å²) in [6, 6.07) is -0.0428. The smallest absolute Gasteiger partial charge is 0.440 e. The third-order valence-corrected chi connectivity index (χ3v) is 6.61. The summed E-state index contributed by atoms with van der Waals surface area (Å²) in [4.78, 5) is 44.9. The maximum absolute atomic E-state index is 12.5. The van der Waals surface area contributed by atoms with Crippen molar-refractivity contribution in [2.75, 3.05) is 57.3 Å². The van der Waals surface area contributed by atoms with Crippen molar-refractivity contribution >= 4 is 18.0 Å². The highest BCUT2D eigenvalue weighted by Gasteiger charge is 2.42. The third-order valence-electron chi connectivity index (χ3n) is 6.61. The topological polar surface area (TPSA) is 135 Å². The number of nitrogens with one attached hydrogen (secondary N) is 1. The fourth-order valence-corrected chi connectivity index (χ4v) is 4.74. The Balaban J connectivity index is 1.22. The van der Waals surface area contributed by atoms with E-state index in [9.17, 15) is 14.4 Å². The number of piperidine rings is 1. The minimum Gasteiger partial charge on any atom is -0.480 e. The number of hydrogen-bond acceptors (Lipinski definition) is 9. The number of H-pyrrole nitrogens is 1. The van der Waals surface area contributed by atoms with Crippen LogP contribution in [0.25, 0.3) is 0 Å². The number of carbonyl (C=O) groups excluding carboxylic acids is 1. The molecule has 1 aromatic rings. The van der Waals surface area contributed by atoms with Crippen LogP contribution >= 0.6 is 0 Å². The molecule has 12 heteroatoms. The highest BCUT2D eigenvalue weighted by atomic mass is 16.6. The van der Waals surface area contributed by atoms with E-state index in [-0.39, 0.29) is 24.9 Å². The van der Waals surface area contributed by atoms with Gasteiger partial charge in [-0.1, -0.05) is 0 Å². The lowest BCUT2D eigenvalue weighted by Gasteiger charge is -2.37. The maximum atomic E-state index is 12.5. The number of hydrogen-bond donors (Lipinski definition) is 2. The van der Waals surface area contributed by atoms with E-state index in [4.69, 9.17) is 9.84 Å². The predicted octanol–water partition coefficient (Wildman–Crippen LogP) is -0.162. The molecule has 3 saturated heterocycles. The average Bonchev–Trinajstić information content (AvgIpc) is 3.30. The van der Waals surface area contributed by atoms with Crippen LogP contribution in [0.3, 0.4) is 0 Å². The van der Waals surface area contributed by atoms with Crippen LogP contribution in [0.15, 0.2) is 9.32 Å². The molecular formula is C19H30N6O6. The molecule has 0 radical (unpaired) electrons. The summed E-state index contributed by atoms with van der Waals surface area (Å²) in [5.41, 5.74) is 0. The zero-order chi connectivity index (χ0) is 22.0. The fourth-order valence-electron chi connectivity index (χ4n) is 4.74. The zero-order valence-electron chi connectivity index (χ0n) is 17.7. The molecular weight excluding hydrogens is 408 g/mol. The summed E-state index contributed by atoms with van der Waals surface area (Å²) < 4.78 is 10.2.